The third kappa shape index (κ3) is 4.49. The summed E-state index contributed by atoms with van der Waals surface area (Å²) in [7, 11) is -3.44. The molecule has 0 saturated carbocycles. The monoisotopic (exact) mass is 356 g/mol. The molecule has 1 aliphatic rings. The Morgan fingerprint density at radius 3 is 2.39 bits per heavy atom. The average Bonchev–Trinajstić information content (AvgIpc) is 2.46. The lowest BCUT2D eigenvalue weighted by Crippen LogP contribution is -2.54. The molecule has 5 nitrogen and oxygen atoms in total. The molecule has 1 saturated heterocycles. The van der Waals surface area contributed by atoms with Gasteiger partial charge in [0, 0.05) is 30.3 Å². The van der Waals surface area contributed by atoms with Crippen LogP contribution in [0.25, 0.3) is 0 Å². The highest BCUT2D eigenvalue weighted by Gasteiger charge is 2.33. The number of thiol groups is 1. The van der Waals surface area contributed by atoms with E-state index in [1.165, 1.54) is 6.07 Å². The Morgan fingerprint density at radius 1 is 1.30 bits per heavy atom. The van der Waals surface area contributed by atoms with Crippen molar-refractivity contribution in [3.8, 4) is 0 Å². The standard InChI is InChI=1S/C16H24N2O3S2/c1-12(22)18-10-8-16(2,9-11-18)17-15(19)13-6-4-5-7-14(13)23(3,20)21/h4-7,12,22H,8-11H2,1-3H3,(H,17,19)/t12-/m0/s1. The number of amides is 1. The quantitative estimate of drug-likeness (QED) is 0.809. The van der Waals surface area contributed by atoms with Crippen LogP contribution in [0.3, 0.4) is 0 Å². The van der Waals surface area contributed by atoms with Crippen LogP contribution in [-0.2, 0) is 9.84 Å². The minimum atomic E-state index is -3.44. The van der Waals surface area contributed by atoms with E-state index in [4.69, 9.17) is 0 Å². The van der Waals surface area contributed by atoms with Gasteiger partial charge < -0.3 is 5.32 Å². The Hall–Kier alpha value is -1.05. The van der Waals surface area contributed by atoms with E-state index < -0.39 is 9.84 Å². The number of nitrogens with one attached hydrogen (secondary N) is 1. The number of hydrogen-bond acceptors (Lipinski definition) is 5. The van der Waals surface area contributed by atoms with Gasteiger partial charge in [-0.05, 0) is 38.8 Å². The van der Waals surface area contributed by atoms with Crippen molar-refractivity contribution in [2.75, 3.05) is 19.3 Å². The van der Waals surface area contributed by atoms with Gasteiger partial charge in [-0.2, -0.15) is 12.6 Å². The van der Waals surface area contributed by atoms with Gasteiger partial charge in [-0.25, -0.2) is 8.42 Å². The van der Waals surface area contributed by atoms with Gasteiger partial charge in [0.15, 0.2) is 9.84 Å². The maximum atomic E-state index is 12.6. The van der Waals surface area contributed by atoms with Crippen LogP contribution >= 0.6 is 12.6 Å². The highest BCUT2D eigenvalue weighted by molar-refractivity contribution is 7.90. The normalized spacial score (nSPS) is 20.0. The van der Waals surface area contributed by atoms with E-state index in [-0.39, 0.29) is 27.3 Å². The van der Waals surface area contributed by atoms with Crippen molar-refractivity contribution in [1.82, 2.24) is 10.2 Å². The third-order valence-electron chi connectivity index (χ3n) is 4.38. The van der Waals surface area contributed by atoms with Crippen molar-refractivity contribution in [3.63, 3.8) is 0 Å². The van der Waals surface area contributed by atoms with Crippen LogP contribution in [0.5, 0.6) is 0 Å². The van der Waals surface area contributed by atoms with Crippen LogP contribution < -0.4 is 5.32 Å². The summed E-state index contributed by atoms with van der Waals surface area (Å²) in [6, 6.07) is 6.33. The topological polar surface area (TPSA) is 66.5 Å². The minimum Gasteiger partial charge on any atom is -0.347 e. The zero-order chi connectivity index (χ0) is 17.3. The van der Waals surface area contributed by atoms with E-state index in [0.29, 0.717) is 0 Å². The lowest BCUT2D eigenvalue weighted by molar-refractivity contribution is 0.0827. The van der Waals surface area contributed by atoms with Crippen molar-refractivity contribution in [1.29, 1.82) is 0 Å². The first-order valence-corrected chi connectivity index (χ1v) is 10.1. The molecule has 0 aromatic heterocycles. The molecule has 2 rings (SSSR count). The molecule has 0 unspecified atom stereocenters. The van der Waals surface area contributed by atoms with Gasteiger partial charge in [0.2, 0.25) is 0 Å². The second-order valence-electron chi connectivity index (χ2n) is 6.45. The van der Waals surface area contributed by atoms with Crippen LogP contribution in [0.4, 0.5) is 0 Å². The lowest BCUT2D eigenvalue weighted by atomic mass is 9.89. The maximum Gasteiger partial charge on any atom is 0.253 e. The van der Waals surface area contributed by atoms with Crippen LogP contribution in [-0.4, -0.2) is 49.5 Å². The van der Waals surface area contributed by atoms with Crippen LogP contribution in [0, 0.1) is 0 Å². The molecule has 1 fully saturated rings. The number of benzene rings is 1. The van der Waals surface area contributed by atoms with Crippen molar-refractivity contribution >= 4 is 28.4 Å². The molecule has 0 radical (unpaired) electrons. The van der Waals surface area contributed by atoms with Gasteiger partial charge in [0.05, 0.1) is 10.5 Å². The van der Waals surface area contributed by atoms with E-state index in [9.17, 15) is 13.2 Å². The summed E-state index contributed by atoms with van der Waals surface area (Å²) < 4.78 is 23.7. The molecule has 0 aliphatic carbocycles. The van der Waals surface area contributed by atoms with Crippen molar-refractivity contribution in [3.05, 3.63) is 29.8 Å². The fourth-order valence-corrected chi connectivity index (χ4v) is 3.95. The van der Waals surface area contributed by atoms with E-state index in [0.717, 1.165) is 32.2 Å². The zero-order valence-electron chi connectivity index (χ0n) is 13.7. The van der Waals surface area contributed by atoms with E-state index in [2.05, 4.69) is 22.8 Å². The summed E-state index contributed by atoms with van der Waals surface area (Å²) in [5.74, 6) is -0.333. The fraction of sp³-hybridized carbons (Fsp3) is 0.562. The molecule has 128 valence electrons. The van der Waals surface area contributed by atoms with Gasteiger partial charge in [0.1, 0.15) is 0 Å². The summed E-state index contributed by atoms with van der Waals surface area (Å²) >= 11 is 4.44. The molecule has 1 aliphatic heterocycles. The molecule has 0 spiro atoms. The second-order valence-corrected chi connectivity index (χ2v) is 9.18. The Bertz CT molecular complexity index is 678. The predicted molar refractivity (Wildman–Crippen MR) is 94.7 cm³/mol. The molecule has 1 amide bonds. The summed E-state index contributed by atoms with van der Waals surface area (Å²) in [4.78, 5) is 14.9. The maximum absolute atomic E-state index is 12.6. The minimum absolute atomic E-state index is 0.0718. The zero-order valence-corrected chi connectivity index (χ0v) is 15.5. The number of hydrogen-bond donors (Lipinski definition) is 2. The van der Waals surface area contributed by atoms with Crippen LogP contribution in [0.2, 0.25) is 0 Å². The smallest absolute Gasteiger partial charge is 0.253 e. The van der Waals surface area contributed by atoms with Crippen molar-refractivity contribution in [2.24, 2.45) is 0 Å². The highest BCUT2D eigenvalue weighted by Crippen LogP contribution is 2.25. The fourth-order valence-electron chi connectivity index (χ4n) is 2.84. The molecular formula is C16H24N2O3S2. The number of sulfone groups is 1. The summed E-state index contributed by atoms with van der Waals surface area (Å²) in [6.45, 7) is 5.76. The van der Waals surface area contributed by atoms with E-state index >= 15 is 0 Å². The molecule has 1 atom stereocenters. The first-order chi connectivity index (χ1) is 10.6. The van der Waals surface area contributed by atoms with Gasteiger partial charge in [-0.1, -0.05) is 12.1 Å². The first-order valence-electron chi connectivity index (χ1n) is 7.66. The van der Waals surface area contributed by atoms with Crippen molar-refractivity contribution in [2.45, 2.75) is 42.5 Å². The average molecular weight is 357 g/mol. The first kappa shape index (κ1) is 18.3. The van der Waals surface area contributed by atoms with Crippen molar-refractivity contribution < 1.29 is 13.2 Å². The number of carbonyl (C=O) groups excluding carboxylic acids is 1. The summed E-state index contributed by atoms with van der Waals surface area (Å²) in [5, 5.41) is 3.22. The predicted octanol–water partition coefficient (Wildman–Crippen LogP) is 1.95. The molecule has 7 heteroatoms. The van der Waals surface area contributed by atoms with Gasteiger partial charge >= 0.3 is 0 Å². The van der Waals surface area contributed by atoms with Gasteiger partial charge in [-0.3, -0.25) is 9.69 Å². The van der Waals surface area contributed by atoms with E-state index in [1.54, 1.807) is 18.2 Å². The number of piperidine rings is 1. The molecular weight excluding hydrogens is 332 g/mol. The number of rotatable bonds is 4. The second kappa shape index (κ2) is 6.83. The molecule has 1 heterocycles. The lowest BCUT2D eigenvalue weighted by Gasteiger charge is -2.41. The Labute approximate surface area is 143 Å². The molecule has 23 heavy (non-hydrogen) atoms. The van der Waals surface area contributed by atoms with Gasteiger partial charge in [-0.15, -0.1) is 0 Å². The Kier molecular flexibility index (Phi) is 5.43. The number of likely N-dealkylation sites (tertiary alicyclic amines) is 1. The SMILES string of the molecule is C[C@H](S)N1CCC(C)(NC(=O)c2ccccc2S(C)(=O)=O)CC1. The largest absolute Gasteiger partial charge is 0.347 e. The Morgan fingerprint density at radius 2 is 1.87 bits per heavy atom. The molecule has 1 aromatic rings. The molecule has 1 N–H and O–H groups in total. The Balaban J connectivity index is 2.15. The summed E-state index contributed by atoms with van der Waals surface area (Å²) in [6.07, 6.45) is 2.74. The number of carbonyl (C=O) groups is 1. The van der Waals surface area contributed by atoms with Crippen LogP contribution in [0.15, 0.2) is 29.2 Å². The third-order valence-corrected chi connectivity index (χ3v) is 5.86. The summed E-state index contributed by atoms with van der Waals surface area (Å²) in [5.41, 5.74) is -0.123. The highest BCUT2D eigenvalue weighted by atomic mass is 32.2. The van der Waals surface area contributed by atoms with Gasteiger partial charge in [0.25, 0.3) is 5.91 Å². The van der Waals surface area contributed by atoms with Crippen LogP contribution in [0.1, 0.15) is 37.0 Å². The number of nitrogens with zero attached hydrogens (tertiary/aromatic N) is 1. The van der Waals surface area contributed by atoms with E-state index in [1.807, 2.05) is 13.8 Å². The molecule has 1 aromatic carbocycles. The molecule has 0 bridgehead atoms.